The first-order valence-electron chi connectivity index (χ1n) is 4.17. The molecule has 10 heavy (non-hydrogen) atoms. The van der Waals surface area contributed by atoms with E-state index >= 15 is 0 Å². The van der Waals surface area contributed by atoms with E-state index in [9.17, 15) is 0 Å². The normalized spacial score (nSPS) is 15.3. The van der Waals surface area contributed by atoms with Crippen molar-refractivity contribution in [2.45, 2.75) is 51.8 Å². The summed E-state index contributed by atoms with van der Waals surface area (Å²) in [5.74, 6) is 0.633. The second-order valence-corrected chi connectivity index (χ2v) is 4.58. The fourth-order valence-corrected chi connectivity index (χ4v) is 0.963. The molecule has 0 bridgehead atoms. The van der Waals surface area contributed by atoms with Gasteiger partial charge in [0, 0.05) is 4.87 Å². The maximum atomic E-state index is 6.12. The minimum Gasteiger partial charge on any atom is -0.120 e. The number of unbranched alkanes of at least 4 members (excludes halogenated alkanes) is 1. The van der Waals surface area contributed by atoms with Crippen LogP contribution in [0.3, 0.4) is 0 Å². The SMILES string of the molecule is CCCCC(C)C(C)(C)Cl. The highest BCUT2D eigenvalue weighted by Gasteiger charge is 2.21. The molecule has 62 valence electrons. The van der Waals surface area contributed by atoms with Crippen LogP contribution in [-0.2, 0) is 0 Å². The lowest BCUT2D eigenvalue weighted by Crippen LogP contribution is -2.21. The summed E-state index contributed by atoms with van der Waals surface area (Å²) < 4.78 is 0. The van der Waals surface area contributed by atoms with Crippen LogP contribution in [-0.4, -0.2) is 4.87 Å². The highest BCUT2D eigenvalue weighted by Crippen LogP contribution is 2.27. The second-order valence-electron chi connectivity index (χ2n) is 3.61. The van der Waals surface area contributed by atoms with Crippen LogP contribution in [0.1, 0.15) is 47.0 Å². The summed E-state index contributed by atoms with van der Waals surface area (Å²) in [6.45, 7) is 8.63. The van der Waals surface area contributed by atoms with Crippen LogP contribution >= 0.6 is 11.6 Å². The van der Waals surface area contributed by atoms with Crippen molar-refractivity contribution in [1.29, 1.82) is 0 Å². The maximum Gasteiger partial charge on any atom is 0.0416 e. The molecule has 0 amide bonds. The smallest absolute Gasteiger partial charge is 0.0416 e. The molecule has 1 atom stereocenters. The van der Waals surface area contributed by atoms with Crippen molar-refractivity contribution in [3.63, 3.8) is 0 Å². The van der Waals surface area contributed by atoms with Gasteiger partial charge in [0.1, 0.15) is 0 Å². The largest absolute Gasteiger partial charge is 0.120 e. The highest BCUT2D eigenvalue weighted by atomic mass is 35.5. The van der Waals surface area contributed by atoms with Crippen LogP contribution < -0.4 is 0 Å². The van der Waals surface area contributed by atoms with Crippen LogP contribution in [0.2, 0.25) is 0 Å². The van der Waals surface area contributed by atoms with E-state index in [1.807, 2.05) is 0 Å². The van der Waals surface area contributed by atoms with Crippen molar-refractivity contribution in [1.82, 2.24) is 0 Å². The van der Waals surface area contributed by atoms with Gasteiger partial charge in [-0.15, -0.1) is 11.6 Å². The average Bonchev–Trinajstić information content (AvgIpc) is 1.80. The van der Waals surface area contributed by atoms with E-state index in [2.05, 4.69) is 27.7 Å². The fourth-order valence-electron chi connectivity index (χ4n) is 0.854. The van der Waals surface area contributed by atoms with Crippen LogP contribution in [0.25, 0.3) is 0 Å². The topological polar surface area (TPSA) is 0 Å². The van der Waals surface area contributed by atoms with Gasteiger partial charge in [0.2, 0.25) is 0 Å². The molecule has 0 saturated heterocycles. The zero-order chi connectivity index (χ0) is 8.20. The zero-order valence-corrected chi connectivity index (χ0v) is 8.33. The van der Waals surface area contributed by atoms with Gasteiger partial charge in [0.15, 0.2) is 0 Å². The number of halogens is 1. The van der Waals surface area contributed by atoms with Crippen LogP contribution in [0.15, 0.2) is 0 Å². The predicted octanol–water partition coefficient (Wildman–Crippen LogP) is 3.83. The number of alkyl halides is 1. The third-order valence-electron chi connectivity index (χ3n) is 2.16. The fraction of sp³-hybridized carbons (Fsp3) is 1.00. The van der Waals surface area contributed by atoms with Gasteiger partial charge in [-0.2, -0.15) is 0 Å². The van der Waals surface area contributed by atoms with E-state index in [1.165, 1.54) is 19.3 Å². The second kappa shape index (κ2) is 4.23. The number of hydrogen-bond donors (Lipinski definition) is 0. The molecule has 0 aromatic carbocycles. The minimum atomic E-state index is -0.0187. The van der Waals surface area contributed by atoms with E-state index in [0.29, 0.717) is 5.92 Å². The molecule has 1 heteroatoms. The zero-order valence-electron chi connectivity index (χ0n) is 7.58. The molecule has 0 rings (SSSR count). The molecule has 0 aromatic rings. The summed E-state index contributed by atoms with van der Waals surface area (Å²) in [6.07, 6.45) is 3.83. The van der Waals surface area contributed by atoms with Gasteiger partial charge in [-0.05, 0) is 26.2 Å². The summed E-state index contributed by atoms with van der Waals surface area (Å²) >= 11 is 6.12. The van der Waals surface area contributed by atoms with Gasteiger partial charge in [0.25, 0.3) is 0 Å². The van der Waals surface area contributed by atoms with Gasteiger partial charge < -0.3 is 0 Å². The first-order chi connectivity index (χ1) is 4.48. The Bertz CT molecular complexity index is 81.2. The van der Waals surface area contributed by atoms with Gasteiger partial charge >= 0.3 is 0 Å². The van der Waals surface area contributed by atoms with Gasteiger partial charge in [-0.3, -0.25) is 0 Å². The molecule has 0 spiro atoms. The molecule has 0 radical (unpaired) electrons. The van der Waals surface area contributed by atoms with Crippen molar-refractivity contribution in [3.8, 4) is 0 Å². The molecule has 0 aliphatic carbocycles. The molecule has 0 aliphatic rings. The van der Waals surface area contributed by atoms with Crippen LogP contribution in [0.5, 0.6) is 0 Å². The predicted molar refractivity (Wildman–Crippen MR) is 48.6 cm³/mol. The lowest BCUT2D eigenvalue weighted by Gasteiger charge is -2.24. The molecule has 0 fully saturated rings. The molecule has 0 N–H and O–H groups in total. The Morgan fingerprint density at radius 3 is 2.20 bits per heavy atom. The van der Waals surface area contributed by atoms with E-state index in [4.69, 9.17) is 11.6 Å². The van der Waals surface area contributed by atoms with Crippen molar-refractivity contribution < 1.29 is 0 Å². The van der Waals surface area contributed by atoms with Crippen molar-refractivity contribution >= 4 is 11.6 Å². The molecular formula is C9H19Cl. The summed E-state index contributed by atoms with van der Waals surface area (Å²) in [4.78, 5) is -0.0187. The third-order valence-corrected chi connectivity index (χ3v) is 2.54. The molecule has 0 nitrogen and oxygen atoms in total. The van der Waals surface area contributed by atoms with Gasteiger partial charge in [-0.1, -0.05) is 26.7 Å². The summed E-state index contributed by atoms with van der Waals surface area (Å²) in [5.41, 5.74) is 0. The van der Waals surface area contributed by atoms with E-state index < -0.39 is 0 Å². The van der Waals surface area contributed by atoms with E-state index in [1.54, 1.807) is 0 Å². The Balaban J connectivity index is 3.52. The first-order valence-corrected chi connectivity index (χ1v) is 4.55. The quantitative estimate of drug-likeness (QED) is 0.552. The Morgan fingerprint density at radius 2 is 1.90 bits per heavy atom. The molecule has 1 unspecified atom stereocenters. The first kappa shape index (κ1) is 10.3. The lowest BCUT2D eigenvalue weighted by molar-refractivity contribution is 0.409. The van der Waals surface area contributed by atoms with Crippen LogP contribution in [0, 0.1) is 5.92 Å². The van der Waals surface area contributed by atoms with E-state index in [-0.39, 0.29) is 4.87 Å². The Morgan fingerprint density at radius 1 is 1.40 bits per heavy atom. The number of hydrogen-bond acceptors (Lipinski definition) is 0. The Hall–Kier alpha value is 0.290. The van der Waals surface area contributed by atoms with Crippen molar-refractivity contribution in [2.75, 3.05) is 0 Å². The monoisotopic (exact) mass is 162 g/mol. The molecule has 0 aliphatic heterocycles. The summed E-state index contributed by atoms with van der Waals surface area (Å²) in [7, 11) is 0. The standard InChI is InChI=1S/C9H19Cl/c1-5-6-7-8(2)9(3,4)10/h8H,5-7H2,1-4H3. The molecular weight excluding hydrogens is 144 g/mol. The van der Waals surface area contributed by atoms with E-state index in [0.717, 1.165) is 0 Å². The lowest BCUT2D eigenvalue weighted by atomic mass is 9.92. The Kier molecular flexibility index (Phi) is 4.35. The van der Waals surface area contributed by atoms with Gasteiger partial charge in [-0.25, -0.2) is 0 Å². The minimum absolute atomic E-state index is 0.0187. The number of rotatable bonds is 4. The average molecular weight is 163 g/mol. The molecule has 0 aromatic heterocycles. The third kappa shape index (κ3) is 4.16. The maximum absolute atomic E-state index is 6.12. The van der Waals surface area contributed by atoms with Crippen molar-refractivity contribution in [3.05, 3.63) is 0 Å². The summed E-state index contributed by atoms with van der Waals surface area (Å²) in [5, 5.41) is 0. The summed E-state index contributed by atoms with van der Waals surface area (Å²) in [6, 6.07) is 0. The van der Waals surface area contributed by atoms with Crippen LogP contribution in [0.4, 0.5) is 0 Å². The van der Waals surface area contributed by atoms with Gasteiger partial charge in [0.05, 0.1) is 0 Å². The highest BCUT2D eigenvalue weighted by molar-refractivity contribution is 6.23. The molecule has 0 heterocycles. The molecule has 0 saturated carbocycles. The van der Waals surface area contributed by atoms with Crippen molar-refractivity contribution in [2.24, 2.45) is 5.92 Å². The Labute approximate surface area is 70.0 Å².